The molecule has 0 radical (unpaired) electrons. The number of carbonyl (C=O) groups excluding carboxylic acids is 5. The van der Waals surface area contributed by atoms with Gasteiger partial charge in [0.2, 0.25) is 11.8 Å². The van der Waals surface area contributed by atoms with Crippen LogP contribution in [0.5, 0.6) is 0 Å². The molecule has 1 unspecified atom stereocenters. The van der Waals surface area contributed by atoms with Crippen LogP contribution in [0.15, 0.2) is 54.7 Å². The third kappa shape index (κ3) is 6.95. The number of nitrogens with zero attached hydrogens (tertiary/aromatic N) is 8. The molecular formula is C44H49N9O5. The number of nitrogens with one attached hydrogen (secondary N) is 1. The highest BCUT2D eigenvalue weighted by atomic mass is 16.2. The molecule has 5 saturated heterocycles. The van der Waals surface area contributed by atoms with Crippen LogP contribution in [0.4, 0.5) is 22.9 Å². The maximum absolute atomic E-state index is 13.7. The number of imide groups is 2. The lowest BCUT2D eigenvalue weighted by Crippen LogP contribution is -2.54. The molecule has 14 nitrogen and oxygen atoms in total. The first-order valence-corrected chi connectivity index (χ1v) is 20.7. The van der Waals surface area contributed by atoms with Crippen molar-refractivity contribution in [1.29, 1.82) is 0 Å². The van der Waals surface area contributed by atoms with Gasteiger partial charge in [0.15, 0.2) is 0 Å². The van der Waals surface area contributed by atoms with Gasteiger partial charge in [-0.15, -0.1) is 4.98 Å². The van der Waals surface area contributed by atoms with Gasteiger partial charge in [0, 0.05) is 94.8 Å². The number of hydrogen-bond acceptors (Lipinski definition) is 10. The average molecular weight is 784 g/mol. The average Bonchev–Trinajstić information content (AvgIpc) is 3.77. The molecule has 0 saturated carbocycles. The Morgan fingerprint density at radius 2 is 1.41 bits per heavy atom. The summed E-state index contributed by atoms with van der Waals surface area (Å²) in [5.74, 6) is -1.37. The zero-order chi connectivity index (χ0) is 40.1. The van der Waals surface area contributed by atoms with Crippen molar-refractivity contribution in [3.8, 4) is 0 Å². The van der Waals surface area contributed by atoms with Gasteiger partial charge in [0.25, 0.3) is 23.5 Å². The first-order chi connectivity index (χ1) is 28.1. The normalized spacial score (nSPS) is 22.8. The summed E-state index contributed by atoms with van der Waals surface area (Å²) in [4.78, 5) is 84.8. The zero-order valence-electron chi connectivity index (χ0n) is 33.0. The molecule has 2 aromatic carbocycles. The first-order valence-electron chi connectivity index (χ1n) is 20.7. The Morgan fingerprint density at radius 1 is 0.759 bits per heavy atom. The molecule has 6 aliphatic heterocycles. The van der Waals surface area contributed by atoms with Crippen LogP contribution in [0.25, 0.3) is 4.85 Å². The molecule has 1 atom stereocenters. The van der Waals surface area contributed by atoms with E-state index in [1.54, 1.807) is 12.1 Å². The Hall–Kier alpha value is -5.81. The van der Waals surface area contributed by atoms with Gasteiger partial charge in [0.1, 0.15) is 12.2 Å². The molecule has 1 aromatic heterocycles. The fourth-order valence-electron chi connectivity index (χ4n) is 10.1. The standard InChI is InChI=1S/C44H49N9O5/c1-29-25-34(27-46-39(29)45-2)49-18-13-44(14-19-49)15-20-52(28-44)41(56)30-3-5-31(6-4-30)50-21-23-51(24-22-50)32-11-16-48(17-12-32)33-7-8-35-36(26-33)43(58)53(42(35)57)37-9-10-38(54)47-40(37)55/h3-8,25-27,32,37H,9-24,28H2,1H3,(H,47,54,55). The Bertz CT molecular complexity index is 2190. The lowest BCUT2D eigenvalue weighted by molar-refractivity contribution is -0.136. The van der Waals surface area contributed by atoms with Crippen molar-refractivity contribution in [2.45, 2.75) is 64.0 Å². The summed E-state index contributed by atoms with van der Waals surface area (Å²) in [6.07, 6.45) is 7.16. The van der Waals surface area contributed by atoms with Gasteiger partial charge >= 0.3 is 0 Å². The van der Waals surface area contributed by atoms with Crippen molar-refractivity contribution in [1.82, 2.24) is 25.0 Å². The van der Waals surface area contributed by atoms with E-state index in [9.17, 15) is 24.0 Å². The predicted octanol–water partition coefficient (Wildman–Crippen LogP) is 4.27. The molecule has 14 heteroatoms. The highest BCUT2D eigenvalue weighted by Gasteiger charge is 2.45. The molecule has 0 bridgehead atoms. The lowest BCUT2D eigenvalue weighted by Gasteiger charge is -2.44. The third-order valence-electron chi connectivity index (χ3n) is 13.6. The third-order valence-corrected chi connectivity index (χ3v) is 13.6. The van der Waals surface area contributed by atoms with Gasteiger partial charge in [-0.25, -0.2) is 0 Å². The number of piperazine rings is 1. The number of rotatable bonds is 6. The summed E-state index contributed by atoms with van der Waals surface area (Å²) in [5, 5.41) is 2.25. The Kier molecular flexibility index (Phi) is 9.87. The molecule has 1 spiro atoms. The van der Waals surface area contributed by atoms with E-state index >= 15 is 0 Å². The van der Waals surface area contributed by atoms with E-state index in [2.05, 4.69) is 52.9 Å². The van der Waals surface area contributed by atoms with Crippen LogP contribution in [0.3, 0.4) is 0 Å². The predicted molar refractivity (Wildman–Crippen MR) is 218 cm³/mol. The summed E-state index contributed by atoms with van der Waals surface area (Å²) >= 11 is 0. The number of benzene rings is 2. The highest BCUT2D eigenvalue weighted by molar-refractivity contribution is 6.23. The maximum Gasteiger partial charge on any atom is 0.272 e. The number of hydrogen-bond donors (Lipinski definition) is 1. The molecule has 6 aliphatic rings. The monoisotopic (exact) mass is 783 g/mol. The minimum absolute atomic E-state index is 0.0956. The van der Waals surface area contributed by atoms with Crippen molar-refractivity contribution >= 4 is 52.4 Å². The van der Waals surface area contributed by atoms with Gasteiger partial charge in [-0.1, -0.05) is 6.57 Å². The van der Waals surface area contributed by atoms with Gasteiger partial charge in [-0.2, -0.15) is 0 Å². The van der Waals surface area contributed by atoms with Gasteiger partial charge in [0.05, 0.1) is 16.8 Å². The number of likely N-dealkylation sites (tertiary alicyclic amines) is 1. The highest BCUT2D eigenvalue weighted by Crippen LogP contribution is 2.42. The SMILES string of the molecule is [C-]#[N+]c1ncc(N2CCC3(CCN(C(=O)c4ccc(N5CCN(C6CCN(c7ccc8c(c7)C(=O)N(C7CCC(=O)NC7=O)C8=O)CC6)CC5)cc4)C3)CC2)cc1C. The summed E-state index contributed by atoms with van der Waals surface area (Å²) < 4.78 is 0. The summed E-state index contributed by atoms with van der Waals surface area (Å²) in [5.41, 5.74) is 5.55. The molecule has 5 fully saturated rings. The van der Waals surface area contributed by atoms with E-state index < -0.39 is 23.8 Å². The minimum Gasteiger partial charge on any atom is -0.371 e. The van der Waals surface area contributed by atoms with Crippen LogP contribution in [0, 0.1) is 18.9 Å². The Morgan fingerprint density at radius 3 is 2.10 bits per heavy atom. The lowest BCUT2D eigenvalue weighted by atomic mass is 9.77. The summed E-state index contributed by atoms with van der Waals surface area (Å²) in [7, 11) is 0. The van der Waals surface area contributed by atoms with E-state index in [-0.39, 0.29) is 30.1 Å². The second-order valence-corrected chi connectivity index (χ2v) is 16.9. The number of pyridine rings is 1. The van der Waals surface area contributed by atoms with Crippen molar-refractivity contribution in [2.75, 3.05) is 80.1 Å². The van der Waals surface area contributed by atoms with Crippen molar-refractivity contribution in [2.24, 2.45) is 5.41 Å². The molecule has 7 heterocycles. The van der Waals surface area contributed by atoms with Crippen LogP contribution in [0.1, 0.15) is 81.6 Å². The van der Waals surface area contributed by atoms with E-state index in [1.807, 2.05) is 36.2 Å². The van der Waals surface area contributed by atoms with E-state index in [0.717, 1.165) is 131 Å². The number of carbonyl (C=O) groups is 5. The Balaban J connectivity index is 0.735. The molecule has 3 aromatic rings. The van der Waals surface area contributed by atoms with Crippen LogP contribution in [-0.2, 0) is 9.59 Å². The maximum atomic E-state index is 13.7. The summed E-state index contributed by atoms with van der Waals surface area (Å²) in [6.45, 7) is 18.1. The van der Waals surface area contributed by atoms with E-state index in [4.69, 9.17) is 6.57 Å². The molecule has 58 heavy (non-hydrogen) atoms. The number of aromatic nitrogens is 1. The van der Waals surface area contributed by atoms with Crippen molar-refractivity contribution in [3.05, 3.63) is 88.4 Å². The molecule has 0 aliphatic carbocycles. The number of anilines is 3. The fourth-order valence-corrected chi connectivity index (χ4v) is 10.1. The summed E-state index contributed by atoms with van der Waals surface area (Å²) in [6, 6.07) is 15.1. The molecule has 5 amide bonds. The molecule has 300 valence electrons. The smallest absolute Gasteiger partial charge is 0.272 e. The Labute approximate surface area is 338 Å². The number of amides is 5. The number of aryl methyl sites for hydroxylation is 1. The van der Waals surface area contributed by atoms with Crippen molar-refractivity contribution in [3.63, 3.8) is 0 Å². The first kappa shape index (κ1) is 37.7. The van der Waals surface area contributed by atoms with Gasteiger partial charge in [-0.05, 0) is 105 Å². The van der Waals surface area contributed by atoms with Crippen LogP contribution < -0.4 is 20.0 Å². The topological polar surface area (TPSA) is 134 Å². The minimum atomic E-state index is -0.969. The van der Waals surface area contributed by atoms with Gasteiger partial charge < -0.3 is 24.4 Å². The second-order valence-electron chi connectivity index (χ2n) is 16.9. The van der Waals surface area contributed by atoms with Crippen LogP contribution in [0.2, 0.25) is 0 Å². The van der Waals surface area contributed by atoms with Crippen LogP contribution in [-0.4, -0.2) is 127 Å². The zero-order valence-corrected chi connectivity index (χ0v) is 33.0. The molecule has 1 N–H and O–H groups in total. The fraction of sp³-hybridized carbons (Fsp3) is 0.477. The number of fused-ring (bicyclic) bond motifs is 1. The van der Waals surface area contributed by atoms with E-state index in [1.165, 1.54) is 0 Å². The quantitative estimate of drug-likeness (QED) is 0.286. The number of piperidine rings is 3. The van der Waals surface area contributed by atoms with Crippen molar-refractivity contribution < 1.29 is 24.0 Å². The molecule has 9 rings (SSSR count). The molecular weight excluding hydrogens is 735 g/mol. The van der Waals surface area contributed by atoms with E-state index in [0.29, 0.717) is 23.0 Å². The van der Waals surface area contributed by atoms with Crippen LogP contribution >= 0.6 is 0 Å². The van der Waals surface area contributed by atoms with Gasteiger partial charge in [-0.3, -0.25) is 39.1 Å². The largest absolute Gasteiger partial charge is 0.371 e. The second kappa shape index (κ2) is 15.2.